The minimum absolute atomic E-state index is 0.0689. The van der Waals surface area contributed by atoms with Crippen molar-refractivity contribution < 1.29 is 14.7 Å². The smallest absolute Gasteiger partial charge is 0.310 e. The highest BCUT2D eigenvalue weighted by Gasteiger charge is 2.43. The summed E-state index contributed by atoms with van der Waals surface area (Å²) in [4.78, 5) is 23.7. The second kappa shape index (κ2) is 6.15. The van der Waals surface area contributed by atoms with E-state index in [1.165, 1.54) is 6.42 Å². The van der Waals surface area contributed by atoms with Gasteiger partial charge in [0.2, 0.25) is 5.91 Å². The van der Waals surface area contributed by atoms with Crippen LogP contribution in [0.3, 0.4) is 0 Å². The van der Waals surface area contributed by atoms with Gasteiger partial charge in [-0.1, -0.05) is 26.7 Å². The number of carboxylic acids is 1. The molecule has 2 rings (SSSR count). The van der Waals surface area contributed by atoms with Crippen molar-refractivity contribution in [1.82, 2.24) is 5.32 Å². The first-order chi connectivity index (χ1) is 9.41. The normalized spacial score (nSPS) is 32.8. The van der Waals surface area contributed by atoms with Gasteiger partial charge in [0.05, 0.1) is 5.41 Å². The molecule has 2 unspecified atom stereocenters. The van der Waals surface area contributed by atoms with Crippen LogP contribution in [0.2, 0.25) is 0 Å². The van der Waals surface area contributed by atoms with Crippen LogP contribution in [0.25, 0.3) is 0 Å². The second-order valence-corrected chi connectivity index (χ2v) is 7.15. The van der Waals surface area contributed by atoms with E-state index < -0.39 is 11.4 Å². The van der Waals surface area contributed by atoms with E-state index in [1.807, 2.05) is 0 Å². The maximum absolute atomic E-state index is 12.2. The fraction of sp³-hybridized carbons (Fsp3) is 0.875. The highest BCUT2D eigenvalue weighted by molar-refractivity contribution is 5.85. The number of hydrogen-bond acceptors (Lipinski definition) is 2. The van der Waals surface area contributed by atoms with Crippen LogP contribution in [0.1, 0.15) is 65.2 Å². The minimum Gasteiger partial charge on any atom is -0.481 e. The molecule has 4 nitrogen and oxygen atoms in total. The van der Waals surface area contributed by atoms with E-state index in [0.29, 0.717) is 24.7 Å². The van der Waals surface area contributed by atoms with Gasteiger partial charge in [0.15, 0.2) is 0 Å². The van der Waals surface area contributed by atoms with Gasteiger partial charge in [-0.2, -0.15) is 0 Å². The molecule has 1 amide bonds. The summed E-state index contributed by atoms with van der Waals surface area (Å²) in [6.45, 7) is 4.45. The van der Waals surface area contributed by atoms with E-state index in [2.05, 4.69) is 19.2 Å². The summed E-state index contributed by atoms with van der Waals surface area (Å²) in [7, 11) is 0. The molecule has 2 fully saturated rings. The van der Waals surface area contributed by atoms with Crippen molar-refractivity contribution in [1.29, 1.82) is 0 Å². The lowest BCUT2D eigenvalue weighted by molar-refractivity contribution is -0.151. The number of hydrogen-bond donors (Lipinski definition) is 2. The topological polar surface area (TPSA) is 66.4 Å². The lowest BCUT2D eigenvalue weighted by Gasteiger charge is -2.33. The van der Waals surface area contributed by atoms with Gasteiger partial charge in [-0.25, -0.2) is 0 Å². The van der Waals surface area contributed by atoms with Gasteiger partial charge in [0.25, 0.3) is 0 Å². The number of carbonyl (C=O) groups excluding carboxylic acids is 1. The van der Waals surface area contributed by atoms with Crippen LogP contribution in [-0.4, -0.2) is 23.0 Å². The fourth-order valence-corrected chi connectivity index (χ4v) is 4.17. The SMILES string of the molecule is CC1CC(C)CC(NC(=O)CC2(C(=O)O)CCCC2)C1. The quantitative estimate of drug-likeness (QED) is 0.832. The first-order valence-electron chi connectivity index (χ1n) is 7.94. The molecule has 4 heteroatoms. The van der Waals surface area contributed by atoms with Gasteiger partial charge >= 0.3 is 5.97 Å². The van der Waals surface area contributed by atoms with Crippen molar-refractivity contribution in [3.63, 3.8) is 0 Å². The fourth-order valence-electron chi connectivity index (χ4n) is 4.17. The lowest BCUT2D eigenvalue weighted by atomic mass is 9.79. The molecular weight excluding hydrogens is 254 g/mol. The van der Waals surface area contributed by atoms with Gasteiger partial charge in [-0.05, 0) is 43.9 Å². The van der Waals surface area contributed by atoms with Gasteiger partial charge < -0.3 is 10.4 Å². The molecule has 0 aromatic carbocycles. The Hall–Kier alpha value is -1.06. The maximum Gasteiger partial charge on any atom is 0.310 e. The molecule has 0 heterocycles. The number of rotatable bonds is 4. The standard InChI is InChI=1S/C16H27NO3/c1-11-7-12(2)9-13(8-11)17-14(18)10-16(15(19)20)5-3-4-6-16/h11-13H,3-10H2,1-2H3,(H,17,18)(H,19,20). The molecule has 2 saturated carbocycles. The van der Waals surface area contributed by atoms with Gasteiger partial charge in [0.1, 0.15) is 0 Å². The van der Waals surface area contributed by atoms with Crippen molar-refractivity contribution in [3.8, 4) is 0 Å². The van der Waals surface area contributed by atoms with Gasteiger partial charge in [-0.3, -0.25) is 9.59 Å². The molecule has 0 aliphatic heterocycles. The summed E-state index contributed by atoms with van der Waals surface area (Å²) in [5, 5.41) is 12.5. The van der Waals surface area contributed by atoms with Crippen molar-refractivity contribution in [2.24, 2.45) is 17.3 Å². The summed E-state index contributed by atoms with van der Waals surface area (Å²) in [6.07, 6.45) is 6.58. The second-order valence-electron chi connectivity index (χ2n) is 7.15. The van der Waals surface area contributed by atoms with Crippen LogP contribution in [0.4, 0.5) is 0 Å². The predicted molar refractivity (Wildman–Crippen MR) is 77.3 cm³/mol. The summed E-state index contributed by atoms with van der Waals surface area (Å²) < 4.78 is 0. The van der Waals surface area contributed by atoms with Crippen LogP contribution in [0.5, 0.6) is 0 Å². The van der Waals surface area contributed by atoms with E-state index in [0.717, 1.165) is 25.7 Å². The highest BCUT2D eigenvalue weighted by atomic mass is 16.4. The van der Waals surface area contributed by atoms with Crippen LogP contribution in [0.15, 0.2) is 0 Å². The van der Waals surface area contributed by atoms with Crippen LogP contribution >= 0.6 is 0 Å². The average Bonchev–Trinajstić information content (AvgIpc) is 2.76. The van der Waals surface area contributed by atoms with Crippen molar-refractivity contribution in [2.45, 2.75) is 71.3 Å². The molecule has 0 radical (unpaired) electrons. The molecule has 114 valence electrons. The molecule has 20 heavy (non-hydrogen) atoms. The summed E-state index contributed by atoms with van der Waals surface area (Å²) >= 11 is 0. The molecule has 2 aliphatic rings. The first kappa shape index (κ1) is 15.3. The Morgan fingerprint density at radius 1 is 1.10 bits per heavy atom. The largest absolute Gasteiger partial charge is 0.481 e. The van der Waals surface area contributed by atoms with E-state index in [-0.39, 0.29) is 18.4 Å². The Labute approximate surface area is 121 Å². The van der Waals surface area contributed by atoms with Crippen LogP contribution in [-0.2, 0) is 9.59 Å². The maximum atomic E-state index is 12.2. The lowest BCUT2D eigenvalue weighted by Crippen LogP contribution is -2.43. The Balaban J connectivity index is 1.90. The Morgan fingerprint density at radius 2 is 1.65 bits per heavy atom. The zero-order valence-electron chi connectivity index (χ0n) is 12.7. The molecule has 2 atom stereocenters. The Morgan fingerprint density at radius 3 is 2.15 bits per heavy atom. The van der Waals surface area contributed by atoms with Crippen molar-refractivity contribution in [3.05, 3.63) is 0 Å². The van der Waals surface area contributed by atoms with Gasteiger partial charge in [0, 0.05) is 12.5 Å². The van der Waals surface area contributed by atoms with Crippen LogP contribution in [0, 0.1) is 17.3 Å². The molecule has 0 spiro atoms. The number of carbonyl (C=O) groups is 2. The summed E-state index contributed by atoms with van der Waals surface area (Å²) in [5.41, 5.74) is -0.796. The zero-order valence-corrected chi connectivity index (χ0v) is 12.7. The van der Waals surface area contributed by atoms with E-state index in [4.69, 9.17) is 0 Å². The monoisotopic (exact) mass is 281 g/mol. The highest BCUT2D eigenvalue weighted by Crippen LogP contribution is 2.41. The molecule has 2 N–H and O–H groups in total. The van der Waals surface area contributed by atoms with Crippen LogP contribution < -0.4 is 5.32 Å². The van der Waals surface area contributed by atoms with Crippen molar-refractivity contribution in [2.75, 3.05) is 0 Å². The number of carboxylic acid groups (broad SMARTS) is 1. The van der Waals surface area contributed by atoms with Crippen molar-refractivity contribution >= 4 is 11.9 Å². The van der Waals surface area contributed by atoms with E-state index >= 15 is 0 Å². The third-order valence-electron chi connectivity index (χ3n) is 5.06. The first-order valence-corrected chi connectivity index (χ1v) is 7.94. The molecule has 0 bridgehead atoms. The third-order valence-corrected chi connectivity index (χ3v) is 5.06. The minimum atomic E-state index is -0.796. The van der Waals surface area contributed by atoms with Gasteiger partial charge in [-0.15, -0.1) is 0 Å². The molecular formula is C16H27NO3. The molecule has 0 aromatic heterocycles. The Kier molecular flexibility index (Phi) is 4.71. The third kappa shape index (κ3) is 3.53. The number of amides is 1. The van der Waals surface area contributed by atoms with E-state index in [1.54, 1.807) is 0 Å². The van der Waals surface area contributed by atoms with E-state index in [9.17, 15) is 14.7 Å². The molecule has 0 saturated heterocycles. The Bertz CT molecular complexity index is 364. The summed E-state index contributed by atoms with van der Waals surface area (Å²) in [6, 6.07) is 0.230. The average molecular weight is 281 g/mol. The predicted octanol–water partition coefficient (Wildman–Crippen LogP) is 2.96. The summed E-state index contributed by atoms with van der Waals surface area (Å²) in [5.74, 6) is 0.420. The number of nitrogens with one attached hydrogen (secondary N) is 1. The number of aliphatic carboxylic acids is 1. The zero-order chi connectivity index (χ0) is 14.8. The molecule has 0 aromatic rings. The molecule has 2 aliphatic carbocycles.